The van der Waals surface area contributed by atoms with E-state index < -0.39 is 11.6 Å². The van der Waals surface area contributed by atoms with Gasteiger partial charge in [0.05, 0.1) is 37.1 Å². The fourth-order valence-electron chi connectivity index (χ4n) is 1.26. The number of aliphatic hydroxyl groups is 1. The first-order valence-corrected chi connectivity index (χ1v) is 5.78. The Hall–Kier alpha value is -0.980. The lowest BCUT2D eigenvalue weighted by Gasteiger charge is -2.14. The highest BCUT2D eigenvalue weighted by atomic mass is 16.5. The van der Waals surface area contributed by atoms with Crippen LogP contribution in [0.2, 0.25) is 0 Å². The lowest BCUT2D eigenvalue weighted by Crippen LogP contribution is -2.29. The van der Waals surface area contributed by atoms with Crippen LogP contribution in [0.5, 0.6) is 0 Å². The van der Waals surface area contributed by atoms with E-state index in [9.17, 15) is 5.11 Å². The SMILES string of the molecule is CC(C)OCC(O)Cn1cc(C(C)(C)N)nn1. The molecule has 0 aliphatic rings. The maximum atomic E-state index is 9.72. The van der Waals surface area contributed by atoms with Crippen molar-refractivity contribution in [3.63, 3.8) is 0 Å². The molecule has 0 fully saturated rings. The molecule has 0 aliphatic heterocycles. The van der Waals surface area contributed by atoms with Crippen molar-refractivity contribution in [2.24, 2.45) is 5.73 Å². The Labute approximate surface area is 102 Å². The Kier molecular flexibility index (Phi) is 4.62. The van der Waals surface area contributed by atoms with Crippen LogP contribution in [0.3, 0.4) is 0 Å². The zero-order valence-electron chi connectivity index (χ0n) is 10.9. The summed E-state index contributed by atoms with van der Waals surface area (Å²) < 4.78 is 6.90. The largest absolute Gasteiger partial charge is 0.389 e. The van der Waals surface area contributed by atoms with E-state index in [1.807, 2.05) is 27.7 Å². The molecule has 1 atom stereocenters. The van der Waals surface area contributed by atoms with Gasteiger partial charge in [-0.05, 0) is 27.7 Å². The Balaban J connectivity index is 2.49. The van der Waals surface area contributed by atoms with Gasteiger partial charge in [-0.25, -0.2) is 4.68 Å². The van der Waals surface area contributed by atoms with Gasteiger partial charge in [0.25, 0.3) is 0 Å². The van der Waals surface area contributed by atoms with E-state index in [-0.39, 0.29) is 6.10 Å². The number of hydrogen-bond acceptors (Lipinski definition) is 5. The van der Waals surface area contributed by atoms with Crippen molar-refractivity contribution in [3.05, 3.63) is 11.9 Å². The Bertz CT molecular complexity index is 343. The fourth-order valence-corrected chi connectivity index (χ4v) is 1.26. The molecule has 98 valence electrons. The molecule has 1 aromatic rings. The van der Waals surface area contributed by atoms with Gasteiger partial charge in [-0.1, -0.05) is 5.21 Å². The van der Waals surface area contributed by atoms with Crippen LogP contribution in [0.4, 0.5) is 0 Å². The smallest absolute Gasteiger partial charge is 0.102 e. The highest BCUT2D eigenvalue weighted by molar-refractivity contribution is 5.05. The van der Waals surface area contributed by atoms with Crippen molar-refractivity contribution in [1.82, 2.24) is 15.0 Å². The van der Waals surface area contributed by atoms with Crippen LogP contribution < -0.4 is 5.73 Å². The van der Waals surface area contributed by atoms with Crippen LogP contribution in [-0.4, -0.2) is 38.9 Å². The second-order valence-electron chi connectivity index (χ2n) is 5.08. The van der Waals surface area contributed by atoms with Gasteiger partial charge in [-0.2, -0.15) is 0 Å². The van der Waals surface area contributed by atoms with E-state index in [0.717, 1.165) is 0 Å². The van der Waals surface area contributed by atoms with Crippen molar-refractivity contribution in [2.45, 2.75) is 52.0 Å². The third-order valence-electron chi connectivity index (χ3n) is 2.22. The van der Waals surface area contributed by atoms with E-state index in [1.54, 1.807) is 10.9 Å². The monoisotopic (exact) mass is 242 g/mol. The standard InChI is InChI=1S/C11H22N4O2/c1-8(2)17-7-9(16)5-15-6-10(13-14-15)11(3,4)12/h6,8-9,16H,5,7,12H2,1-4H3. The van der Waals surface area contributed by atoms with E-state index >= 15 is 0 Å². The third-order valence-corrected chi connectivity index (χ3v) is 2.22. The Morgan fingerprint density at radius 1 is 1.53 bits per heavy atom. The van der Waals surface area contributed by atoms with Crippen LogP contribution >= 0.6 is 0 Å². The third kappa shape index (κ3) is 4.80. The summed E-state index contributed by atoms with van der Waals surface area (Å²) in [6.45, 7) is 8.22. The quantitative estimate of drug-likeness (QED) is 0.747. The zero-order valence-corrected chi connectivity index (χ0v) is 10.9. The molecule has 1 rings (SSSR count). The number of rotatable bonds is 6. The normalized spacial score (nSPS) is 14.3. The van der Waals surface area contributed by atoms with Gasteiger partial charge in [0.2, 0.25) is 0 Å². The lowest BCUT2D eigenvalue weighted by molar-refractivity contribution is -0.00221. The van der Waals surface area contributed by atoms with Crippen LogP contribution in [0.25, 0.3) is 0 Å². The molecule has 6 heteroatoms. The molecule has 0 aliphatic carbocycles. The van der Waals surface area contributed by atoms with Gasteiger partial charge in [-0.15, -0.1) is 5.10 Å². The summed E-state index contributed by atoms with van der Waals surface area (Å²) in [5, 5.41) is 17.6. The highest BCUT2D eigenvalue weighted by Crippen LogP contribution is 2.12. The highest BCUT2D eigenvalue weighted by Gasteiger charge is 2.19. The molecule has 0 saturated heterocycles. The van der Waals surface area contributed by atoms with Crippen molar-refractivity contribution in [1.29, 1.82) is 0 Å². The van der Waals surface area contributed by atoms with Crippen LogP contribution in [0, 0.1) is 0 Å². The molecule has 1 unspecified atom stereocenters. The van der Waals surface area contributed by atoms with Gasteiger partial charge in [0.15, 0.2) is 0 Å². The van der Waals surface area contributed by atoms with Gasteiger partial charge in [-0.3, -0.25) is 0 Å². The molecule has 3 N–H and O–H groups in total. The molecular formula is C11H22N4O2. The van der Waals surface area contributed by atoms with Crippen LogP contribution in [0.1, 0.15) is 33.4 Å². The zero-order chi connectivity index (χ0) is 13.1. The van der Waals surface area contributed by atoms with E-state index in [4.69, 9.17) is 10.5 Å². The molecule has 0 spiro atoms. The summed E-state index contributed by atoms with van der Waals surface area (Å²) in [4.78, 5) is 0. The molecule has 1 heterocycles. The molecular weight excluding hydrogens is 220 g/mol. The maximum absolute atomic E-state index is 9.72. The lowest BCUT2D eigenvalue weighted by atomic mass is 10.0. The molecule has 0 amide bonds. The predicted molar refractivity (Wildman–Crippen MR) is 64.3 cm³/mol. The van der Waals surface area contributed by atoms with Crippen molar-refractivity contribution in [2.75, 3.05) is 6.61 Å². The van der Waals surface area contributed by atoms with E-state index in [1.165, 1.54) is 0 Å². The summed E-state index contributed by atoms with van der Waals surface area (Å²) in [6, 6.07) is 0. The van der Waals surface area contributed by atoms with Gasteiger partial charge >= 0.3 is 0 Å². The first-order valence-electron chi connectivity index (χ1n) is 5.78. The second kappa shape index (κ2) is 5.57. The summed E-state index contributed by atoms with van der Waals surface area (Å²) in [5.41, 5.74) is 6.08. The Morgan fingerprint density at radius 3 is 2.65 bits per heavy atom. The predicted octanol–water partition coefficient (Wildman–Crippen LogP) is 0.258. The fraction of sp³-hybridized carbons (Fsp3) is 0.818. The summed E-state index contributed by atoms with van der Waals surface area (Å²) in [5.74, 6) is 0. The summed E-state index contributed by atoms with van der Waals surface area (Å²) in [7, 11) is 0. The number of nitrogens with two attached hydrogens (primary N) is 1. The average Bonchev–Trinajstić information content (AvgIpc) is 2.62. The minimum absolute atomic E-state index is 0.110. The number of ether oxygens (including phenoxy) is 1. The molecule has 6 nitrogen and oxygen atoms in total. The molecule has 0 aromatic carbocycles. The van der Waals surface area contributed by atoms with Gasteiger partial charge in [0, 0.05) is 0 Å². The van der Waals surface area contributed by atoms with Crippen LogP contribution in [-0.2, 0) is 16.8 Å². The minimum atomic E-state index is -0.590. The van der Waals surface area contributed by atoms with Crippen molar-refractivity contribution < 1.29 is 9.84 Å². The second-order valence-corrected chi connectivity index (χ2v) is 5.08. The Morgan fingerprint density at radius 2 is 2.18 bits per heavy atom. The summed E-state index contributed by atoms with van der Waals surface area (Å²) in [6.07, 6.45) is 1.27. The van der Waals surface area contributed by atoms with Crippen LogP contribution in [0.15, 0.2) is 6.20 Å². The number of aromatic nitrogens is 3. The first kappa shape index (κ1) is 14.1. The van der Waals surface area contributed by atoms with Gasteiger partial charge < -0.3 is 15.6 Å². The molecule has 1 aromatic heterocycles. The molecule has 0 saturated carbocycles. The van der Waals surface area contributed by atoms with Crippen molar-refractivity contribution >= 4 is 0 Å². The molecule has 0 bridgehead atoms. The minimum Gasteiger partial charge on any atom is -0.389 e. The van der Waals surface area contributed by atoms with E-state index in [0.29, 0.717) is 18.8 Å². The number of nitrogens with zero attached hydrogens (tertiary/aromatic N) is 3. The molecule has 17 heavy (non-hydrogen) atoms. The maximum Gasteiger partial charge on any atom is 0.102 e. The first-order chi connectivity index (χ1) is 7.79. The number of hydrogen-bond donors (Lipinski definition) is 2. The van der Waals surface area contributed by atoms with Gasteiger partial charge in [0.1, 0.15) is 5.69 Å². The summed E-state index contributed by atoms with van der Waals surface area (Å²) >= 11 is 0. The van der Waals surface area contributed by atoms with Crippen molar-refractivity contribution in [3.8, 4) is 0 Å². The number of aliphatic hydroxyl groups excluding tert-OH is 1. The average molecular weight is 242 g/mol. The van der Waals surface area contributed by atoms with E-state index in [2.05, 4.69) is 10.3 Å². The molecule has 0 radical (unpaired) electrons. The topological polar surface area (TPSA) is 86.2 Å².